The van der Waals surface area contributed by atoms with E-state index in [1.165, 1.54) is 0 Å². The summed E-state index contributed by atoms with van der Waals surface area (Å²) in [5.41, 5.74) is 1.10. The van der Waals surface area contributed by atoms with Crippen LogP contribution in [0.4, 0.5) is 0 Å². The van der Waals surface area contributed by atoms with Crippen molar-refractivity contribution in [3.63, 3.8) is 0 Å². The minimum atomic E-state index is -3.55. The minimum absolute atomic E-state index is 0.102. The first-order valence-corrected chi connectivity index (χ1v) is 8.91. The highest BCUT2D eigenvalue weighted by molar-refractivity contribution is 7.89. The molecular formula is C14H28N4O2S. The van der Waals surface area contributed by atoms with Crippen molar-refractivity contribution >= 4 is 10.0 Å². The van der Waals surface area contributed by atoms with E-state index in [1.54, 1.807) is 6.92 Å². The number of nitrogens with zero attached hydrogens (tertiary/aromatic N) is 1. The predicted molar refractivity (Wildman–Crippen MR) is 84.5 cm³/mol. The van der Waals surface area contributed by atoms with Crippen molar-refractivity contribution in [2.75, 3.05) is 0 Å². The monoisotopic (exact) mass is 316 g/mol. The molecule has 1 heterocycles. The van der Waals surface area contributed by atoms with E-state index in [-0.39, 0.29) is 17.0 Å². The first-order chi connectivity index (χ1) is 9.63. The Kier molecular flexibility index (Phi) is 6.37. The Morgan fingerprint density at radius 2 is 1.81 bits per heavy atom. The van der Waals surface area contributed by atoms with E-state index in [4.69, 9.17) is 0 Å². The molecule has 1 rings (SSSR count). The molecule has 0 bridgehead atoms. The molecule has 0 aliphatic rings. The van der Waals surface area contributed by atoms with E-state index in [0.29, 0.717) is 23.9 Å². The maximum atomic E-state index is 12.6. The largest absolute Gasteiger partial charge is 0.309 e. The summed E-state index contributed by atoms with van der Waals surface area (Å²) in [6.45, 7) is 12.2. The maximum Gasteiger partial charge on any atom is 0.244 e. The molecule has 0 radical (unpaired) electrons. The molecule has 0 aliphatic heterocycles. The number of hydrogen-bond acceptors (Lipinski definition) is 4. The smallest absolute Gasteiger partial charge is 0.244 e. The summed E-state index contributed by atoms with van der Waals surface area (Å²) in [7, 11) is -3.55. The Hall–Kier alpha value is -0.920. The normalized spacial score (nSPS) is 14.1. The molecule has 1 aromatic rings. The lowest BCUT2D eigenvalue weighted by Gasteiger charge is -2.16. The SMILES string of the molecule is Cc1[nH]nc(CNC(C)C)c1S(=O)(=O)NC(C)CC(C)C. The lowest BCUT2D eigenvalue weighted by Crippen LogP contribution is -2.34. The van der Waals surface area contributed by atoms with Gasteiger partial charge in [0, 0.05) is 18.6 Å². The van der Waals surface area contributed by atoms with Crippen molar-refractivity contribution < 1.29 is 8.42 Å². The van der Waals surface area contributed by atoms with Gasteiger partial charge in [0.05, 0.1) is 11.4 Å². The number of H-pyrrole nitrogens is 1. The fraction of sp³-hybridized carbons (Fsp3) is 0.786. The third-order valence-corrected chi connectivity index (χ3v) is 4.88. The van der Waals surface area contributed by atoms with Crippen LogP contribution in [0.15, 0.2) is 4.90 Å². The fourth-order valence-electron chi connectivity index (χ4n) is 2.33. The highest BCUT2D eigenvalue weighted by atomic mass is 32.2. The lowest BCUT2D eigenvalue weighted by molar-refractivity contribution is 0.481. The summed E-state index contributed by atoms with van der Waals surface area (Å²) >= 11 is 0. The van der Waals surface area contributed by atoms with Crippen LogP contribution in [0, 0.1) is 12.8 Å². The molecule has 0 saturated heterocycles. The van der Waals surface area contributed by atoms with Crippen LogP contribution < -0.4 is 10.0 Å². The number of aromatic amines is 1. The standard InChI is InChI=1S/C14H28N4O2S/c1-9(2)7-11(5)18-21(19,20)14-12(6)16-17-13(14)8-15-10(3)4/h9-11,15,18H,7-8H2,1-6H3,(H,16,17). The van der Waals surface area contributed by atoms with Crippen LogP contribution in [0.5, 0.6) is 0 Å². The molecule has 0 aliphatic carbocycles. The predicted octanol–water partition coefficient (Wildman–Crippen LogP) is 1.93. The lowest BCUT2D eigenvalue weighted by atomic mass is 10.1. The molecule has 0 aromatic carbocycles. The molecule has 21 heavy (non-hydrogen) atoms. The van der Waals surface area contributed by atoms with Gasteiger partial charge in [-0.3, -0.25) is 5.10 Å². The van der Waals surface area contributed by atoms with Crippen molar-refractivity contribution in [1.29, 1.82) is 0 Å². The van der Waals surface area contributed by atoms with Gasteiger partial charge in [-0.15, -0.1) is 0 Å². The second-order valence-electron chi connectivity index (χ2n) is 6.31. The van der Waals surface area contributed by atoms with Gasteiger partial charge in [-0.05, 0) is 26.2 Å². The molecule has 0 spiro atoms. The summed E-state index contributed by atoms with van der Waals surface area (Å²) in [4.78, 5) is 0.270. The summed E-state index contributed by atoms with van der Waals surface area (Å²) in [5, 5.41) is 10.1. The van der Waals surface area contributed by atoms with E-state index in [9.17, 15) is 8.42 Å². The minimum Gasteiger partial charge on any atom is -0.309 e. The highest BCUT2D eigenvalue weighted by Gasteiger charge is 2.26. The first kappa shape index (κ1) is 18.1. The topological polar surface area (TPSA) is 86.9 Å². The molecule has 1 atom stereocenters. The van der Waals surface area contributed by atoms with Crippen LogP contribution in [-0.2, 0) is 16.6 Å². The number of sulfonamides is 1. The Morgan fingerprint density at radius 3 is 2.33 bits per heavy atom. The van der Waals surface area contributed by atoms with E-state index < -0.39 is 10.0 Å². The Balaban J connectivity index is 2.94. The van der Waals surface area contributed by atoms with Crippen molar-refractivity contribution in [3.8, 4) is 0 Å². The van der Waals surface area contributed by atoms with Gasteiger partial charge in [0.15, 0.2) is 0 Å². The number of aryl methyl sites for hydroxylation is 1. The van der Waals surface area contributed by atoms with Gasteiger partial charge in [-0.1, -0.05) is 27.7 Å². The summed E-state index contributed by atoms with van der Waals surface area (Å²) in [5.74, 6) is 0.440. The Morgan fingerprint density at radius 1 is 1.19 bits per heavy atom. The van der Waals surface area contributed by atoms with Crippen molar-refractivity contribution in [3.05, 3.63) is 11.4 Å². The average Bonchev–Trinajstić information content (AvgIpc) is 2.66. The molecule has 6 nitrogen and oxygen atoms in total. The summed E-state index contributed by atoms with van der Waals surface area (Å²) < 4.78 is 27.9. The molecule has 0 amide bonds. The van der Waals surface area contributed by atoms with Gasteiger partial charge < -0.3 is 5.32 Å². The first-order valence-electron chi connectivity index (χ1n) is 7.43. The van der Waals surface area contributed by atoms with Crippen LogP contribution in [0.3, 0.4) is 0 Å². The zero-order chi connectivity index (χ0) is 16.2. The van der Waals surface area contributed by atoms with Gasteiger partial charge in [-0.2, -0.15) is 5.10 Å². The second-order valence-corrected chi connectivity index (χ2v) is 7.96. The Bertz CT molecular complexity index is 549. The molecule has 1 unspecified atom stereocenters. The highest BCUT2D eigenvalue weighted by Crippen LogP contribution is 2.19. The number of nitrogens with one attached hydrogen (secondary N) is 3. The van der Waals surface area contributed by atoms with Crippen LogP contribution in [0.2, 0.25) is 0 Å². The fourth-order valence-corrected chi connectivity index (χ4v) is 3.95. The zero-order valence-electron chi connectivity index (χ0n) is 13.8. The van der Waals surface area contributed by atoms with Gasteiger partial charge in [0.2, 0.25) is 10.0 Å². The Labute approximate surface area is 128 Å². The van der Waals surface area contributed by atoms with Crippen LogP contribution in [-0.4, -0.2) is 30.7 Å². The van der Waals surface area contributed by atoms with Gasteiger partial charge in [0.1, 0.15) is 4.90 Å². The van der Waals surface area contributed by atoms with E-state index in [2.05, 4.69) is 34.1 Å². The van der Waals surface area contributed by atoms with Gasteiger partial charge in [0.25, 0.3) is 0 Å². The number of rotatable bonds is 8. The molecular weight excluding hydrogens is 288 g/mol. The average molecular weight is 316 g/mol. The summed E-state index contributed by atoms with van der Waals surface area (Å²) in [6, 6.07) is 0.167. The van der Waals surface area contributed by atoms with Crippen LogP contribution in [0.1, 0.15) is 52.4 Å². The van der Waals surface area contributed by atoms with Crippen molar-refractivity contribution in [2.24, 2.45) is 5.92 Å². The maximum absolute atomic E-state index is 12.6. The molecule has 3 N–H and O–H groups in total. The van der Waals surface area contributed by atoms with Crippen molar-refractivity contribution in [2.45, 2.75) is 71.5 Å². The number of hydrogen-bond donors (Lipinski definition) is 3. The van der Waals surface area contributed by atoms with Crippen LogP contribution in [0.25, 0.3) is 0 Å². The zero-order valence-corrected chi connectivity index (χ0v) is 14.6. The third kappa shape index (κ3) is 5.41. The van der Waals surface area contributed by atoms with Gasteiger partial charge in [-0.25, -0.2) is 13.1 Å². The molecule has 1 aromatic heterocycles. The molecule has 0 fully saturated rings. The number of aromatic nitrogens is 2. The quantitative estimate of drug-likeness (QED) is 0.684. The summed E-state index contributed by atoms with van der Waals surface area (Å²) in [6.07, 6.45) is 0.801. The van der Waals surface area contributed by atoms with Crippen molar-refractivity contribution in [1.82, 2.24) is 20.2 Å². The molecule has 0 saturated carbocycles. The molecule has 7 heteroatoms. The van der Waals surface area contributed by atoms with Crippen LogP contribution >= 0.6 is 0 Å². The molecule has 122 valence electrons. The van der Waals surface area contributed by atoms with E-state index >= 15 is 0 Å². The van der Waals surface area contributed by atoms with E-state index in [1.807, 2.05) is 20.8 Å². The van der Waals surface area contributed by atoms with Gasteiger partial charge >= 0.3 is 0 Å². The third-order valence-electron chi connectivity index (χ3n) is 3.09. The van der Waals surface area contributed by atoms with E-state index in [0.717, 1.165) is 6.42 Å². The second kappa shape index (κ2) is 7.38.